The molecule has 116 valence electrons. The zero-order valence-corrected chi connectivity index (χ0v) is 12.0. The maximum Gasteiger partial charge on any atom is 0.417 e. The third-order valence-corrected chi connectivity index (χ3v) is 3.34. The number of hydrogen-bond acceptors (Lipinski definition) is 2. The minimum absolute atomic E-state index is 0.148. The van der Waals surface area contributed by atoms with Gasteiger partial charge < -0.3 is 4.74 Å². The minimum atomic E-state index is -4.39. The van der Waals surface area contributed by atoms with Gasteiger partial charge in [0.25, 0.3) is 0 Å². The molecule has 0 saturated heterocycles. The highest BCUT2D eigenvalue weighted by Crippen LogP contribution is 2.36. The zero-order valence-electron chi connectivity index (χ0n) is 12.0. The lowest BCUT2D eigenvalue weighted by Gasteiger charge is -2.13. The number of hydrogen-bond donors (Lipinski definition) is 0. The summed E-state index contributed by atoms with van der Waals surface area (Å²) in [5.41, 5.74) is 0.861. The summed E-state index contributed by atoms with van der Waals surface area (Å²) in [7, 11) is 1.32. The molecule has 0 N–H and O–H groups in total. The summed E-state index contributed by atoms with van der Waals surface area (Å²) in [6.45, 7) is 0. The Morgan fingerprint density at radius 1 is 1.05 bits per heavy atom. The first-order chi connectivity index (χ1) is 10.4. The molecule has 0 radical (unpaired) electrons. The molecule has 5 heteroatoms. The van der Waals surface area contributed by atoms with Crippen molar-refractivity contribution < 1.29 is 22.7 Å². The van der Waals surface area contributed by atoms with Crippen molar-refractivity contribution in [1.29, 1.82) is 0 Å². The van der Waals surface area contributed by atoms with E-state index in [1.54, 1.807) is 30.3 Å². The Kier molecular flexibility index (Phi) is 4.85. The number of halogens is 3. The Bertz CT molecular complexity index is 646. The highest BCUT2D eigenvalue weighted by molar-refractivity contribution is 5.70. The second-order valence-corrected chi connectivity index (χ2v) is 4.82. The molecule has 0 heterocycles. The van der Waals surface area contributed by atoms with Crippen molar-refractivity contribution in [2.24, 2.45) is 0 Å². The molecule has 22 heavy (non-hydrogen) atoms. The molecule has 0 saturated carbocycles. The molecule has 0 aliphatic carbocycles. The van der Waals surface area contributed by atoms with Crippen LogP contribution in [0.15, 0.2) is 48.5 Å². The second-order valence-electron chi connectivity index (χ2n) is 4.82. The van der Waals surface area contributed by atoms with E-state index in [0.717, 1.165) is 11.6 Å². The third-order valence-electron chi connectivity index (χ3n) is 3.34. The number of carbonyl (C=O) groups is 1. The van der Waals surface area contributed by atoms with Crippen LogP contribution >= 0.6 is 0 Å². The number of rotatable bonds is 4. The van der Waals surface area contributed by atoms with Gasteiger partial charge in [-0.15, -0.1) is 0 Å². The number of carbonyl (C=O) groups excluding carboxylic acids is 1. The highest BCUT2D eigenvalue weighted by atomic mass is 19.4. The first-order valence-corrected chi connectivity index (χ1v) is 6.74. The predicted molar refractivity (Wildman–Crippen MR) is 77.2 cm³/mol. The maximum atomic E-state index is 13.0. The predicted octanol–water partition coefficient (Wildman–Crippen LogP) is 4.48. The lowest BCUT2D eigenvalue weighted by molar-refractivity contribution is -0.140. The fraction of sp³-hybridized carbons (Fsp3) is 0.235. The highest BCUT2D eigenvalue weighted by Gasteiger charge is 2.33. The second kappa shape index (κ2) is 6.64. The van der Waals surface area contributed by atoms with E-state index in [0.29, 0.717) is 12.0 Å². The van der Waals surface area contributed by atoms with E-state index >= 15 is 0 Å². The molecule has 0 bridgehead atoms. The molecule has 0 aliphatic heterocycles. The Balaban J connectivity index is 2.23. The Labute approximate surface area is 126 Å². The van der Waals surface area contributed by atoms with Crippen LogP contribution in [0.3, 0.4) is 0 Å². The van der Waals surface area contributed by atoms with Crippen molar-refractivity contribution in [3.63, 3.8) is 0 Å². The van der Waals surface area contributed by atoms with E-state index < -0.39 is 11.7 Å². The van der Waals surface area contributed by atoms with Crippen molar-refractivity contribution in [3.8, 4) is 11.1 Å². The zero-order chi connectivity index (χ0) is 16.2. The van der Waals surface area contributed by atoms with Crippen LogP contribution in [0.2, 0.25) is 0 Å². The first-order valence-electron chi connectivity index (χ1n) is 6.74. The van der Waals surface area contributed by atoms with Gasteiger partial charge in [0.15, 0.2) is 0 Å². The third kappa shape index (κ3) is 3.87. The summed E-state index contributed by atoms with van der Waals surface area (Å²) in [5, 5.41) is 0. The van der Waals surface area contributed by atoms with Gasteiger partial charge in [0.05, 0.1) is 12.7 Å². The molecule has 0 amide bonds. The van der Waals surface area contributed by atoms with Gasteiger partial charge in [-0.05, 0) is 29.2 Å². The van der Waals surface area contributed by atoms with Crippen LogP contribution in [0, 0.1) is 0 Å². The van der Waals surface area contributed by atoms with Crippen LogP contribution in [0.4, 0.5) is 13.2 Å². The number of alkyl halides is 3. The number of aryl methyl sites for hydroxylation is 1. The molecule has 0 atom stereocenters. The van der Waals surface area contributed by atoms with E-state index in [4.69, 9.17) is 0 Å². The molecule has 2 aromatic carbocycles. The molecule has 2 nitrogen and oxygen atoms in total. The molecule has 2 aromatic rings. The van der Waals surface area contributed by atoms with Gasteiger partial charge in [-0.1, -0.05) is 42.5 Å². The molecule has 0 spiro atoms. The lowest BCUT2D eigenvalue weighted by atomic mass is 9.97. The average molecular weight is 308 g/mol. The average Bonchev–Trinajstić information content (AvgIpc) is 2.52. The molecular weight excluding hydrogens is 293 g/mol. The van der Waals surface area contributed by atoms with Crippen molar-refractivity contribution in [2.75, 3.05) is 7.11 Å². The van der Waals surface area contributed by atoms with Gasteiger partial charge in [-0.2, -0.15) is 13.2 Å². The molecule has 0 aromatic heterocycles. The first kappa shape index (κ1) is 16.1. The number of methoxy groups -OCH3 is 1. The van der Waals surface area contributed by atoms with Gasteiger partial charge in [-0.25, -0.2) is 0 Å². The summed E-state index contributed by atoms with van der Waals surface area (Å²) in [6, 6.07) is 12.2. The maximum absolute atomic E-state index is 13.0. The summed E-state index contributed by atoms with van der Waals surface area (Å²) >= 11 is 0. The topological polar surface area (TPSA) is 26.3 Å². The van der Waals surface area contributed by atoms with E-state index in [1.807, 2.05) is 0 Å². The van der Waals surface area contributed by atoms with Crippen LogP contribution in [0.1, 0.15) is 17.5 Å². The normalized spacial score (nSPS) is 11.3. The van der Waals surface area contributed by atoms with Crippen LogP contribution < -0.4 is 0 Å². The summed E-state index contributed by atoms with van der Waals surface area (Å²) in [4.78, 5) is 11.1. The lowest BCUT2D eigenvalue weighted by Crippen LogP contribution is -2.06. The van der Waals surface area contributed by atoms with Crippen molar-refractivity contribution >= 4 is 5.97 Å². The number of ether oxygens (including phenoxy) is 1. The van der Waals surface area contributed by atoms with Crippen LogP contribution in [-0.4, -0.2) is 13.1 Å². The van der Waals surface area contributed by atoms with Gasteiger partial charge in [0.2, 0.25) is 0 Å². The standard InChI is InChI=1S/C17H15F3O2/c1-22-16(21)11-8-12-6-9-13(10-7-12)14-4-2-3-5-15(14)17(18,19)20/h2-7,9-10H,8,11H2,1H3. The van der Waals surface area contributed by atoms with Crippen molar-refractivity contribution in [1.82, 2.24) is 0 Å². The largest absolute Gasteiger partial charge is 0.469 e. The molecule has 0 unspecified atom stereocenters. The SMILES string of the molecule is COC(=O)CCc1ccc(-c2ccccc2C(F)(F)F)cc1. The smallest absolute Gasteiger partial charge is 0.417 e. The van der Waals surface area contributed by atoms with E-state index in [-0.39, 0.29) is 18.0 Å². The number of benzene rings is 2. The molecule has 0 aliphatic rings. The van der Waals surface area contributed by atoms with E-state index in [1.165, 1.54) is 19.2 Å². The Morgan fingerprint density at radius 2 is 1.68 bits per heavy atom. The summed E-state index contributed by atoms with van der Waals surface area (Å²) in [6.07, 6.45) is -3.65. The molecular formula is C17H15F3O2. The molecule has 0 fully saturated rings. The quantitative estimate of drug-likeness (QED) is 0.779. The minimum Gasteiger partial charge on any atom is -0.469 e. The van der Waals surface area contributed by atoms with Crippen molar-refractivity contribution in [3.05, 3.63) is 59.7 Å². The van der Waals surface area contributed by atoms with E-state index in [9.17, 15) is 18.0 Å². The summed E-state index contributed by atoms with van der Waals surface area (Å²) in [5.74, 6) is -0.313. The summed E-state index contributed by atoms with van der Waals surface area (Å²) < 4.78 is 43.6. The fourth-order valence-electron chi connectivity index (χ4n) is 2.18. The van der Waals surface area contributed by atoms with E-state index in [2.05, 4.69) is 4.74 Å². The Hall–Kier alpha value is -2.30. The Morgan fingerprint density at radius 3 is 2.27 bits per heavy atom. The van der Waals surface area contributed by atoms with Crippen molar-refractivity contribution in [2.45, 2.75) is 19.0 Å². The van der Waals surface area contributed by atoms with Crippen LogP contribution in [0.5, 0.6) is 0 Å². The van der Waals surface area contributed by atoms with Gasteiger partial charge in [0.1, 0.15) is 0 Å². The fourth-order valence-corrected chi connectivity index (χ4v) is 2.18. The van der Waals surface area contributed by atoms with Gasteiger partial charge >= 0.3 is 12.1 Å². The number of esters is 1. The monoisotopic (exact) mass is 308 g/mol. The van der Waals surface area contributed by atoms with Crippen LogP contribution in [0.25, 0.3) is 11.1 Å². The van der Waals surface area contributed by atoms with Gasteiger partial charge in [0, 0.05) is 6.42 Å². The van der Waals surface area contributed by atoms with Crippen LogP contribution in [-0.2, 0) is 22.1 Å². The van der Waals surface area contributed by atoms with Gasteiger partial charge in [-0.3, -0.25) is 4.79 Å². The molecule has 2 rings (SSSR count).